The SMILES string of the molecule is Cl.NC1CCN(S(=O)(=O)N2CCCCCC2)CC1. The lowest BCUT2D eigenvalue weighted by molar-refractivity contribution is 0.288. The summed E-state index contributed by atoms with van der Waals surface area (Å²) >= 11 is 0. The first-order valence-electron chi connectivity index (χ1n) is 6.61. The Balaban J connectivity index is 0.00000162. The number of rotatable bonds is 2. The van der Waals surface area contributed by atoms with Crippen molar-refractivity contribution in [2.24, 2.45) is 5.73 Å². The van der Waals surface area contributed by atoms with E-state index in [0.29, 0.717) is 26.2 Å². The maximum atomic E-state index is 12.4. The molecule has 2 saturated heterocycles. The van der Waals surface area contributed by atoms with Crippen LogP contribution in [0.3, 0.4) is 0 Å². The molecule has 0 aromatic carbocycles. The minimum atomic E-state index is -3.22. The molecule has 7 heteroatoms. The topological polar surface area (TPSA) is 66.6 Å². The van der Waals surface area contributed by atoms with Gasteiger partial charge in [-0.1, -0.05) is 12.8 Å². The van der Waals surface area contributed by atoms with Crippen LogP contribution in [0.4, 0.5) is 0 Å². The van der Waals surface area contributed by atoms with E-state index in [1.54, 1.807) is 8.61 Å². The van der Waals surface area contributed by atoms with E-state index in [1.807, 2.05) is 0 Å². The second kappa shape index (κ2) is 7.05. The van der Waals surface area contributed by atoms with Crippen LogP contribution in [0, 0.1) is 0 Å². The second-order valence-electron chi connectivity index (χ2n) is 5.06. The van der Waals surface area contributed by atoms with Gasteiger partial charge in [0, 0.05) is 32.2 Å². The number of piperidine rings is 1. The van der Waals surface area contributed by atoms with Crippen LogP contribution in [0.15, 0.2) is 0 Å². The van der Waals surface area contributed by atoms with Crippen LogP contribution in [0.2, 0.25) is 0 Å². The molecule has 0 saturated carbocycles. The lowest BCUT2D eigenvalue weighted by atomic mass is 10.1. The Morgan fingerprint density at radius 2 is 1.28 bits per heavy atom. The van der Waals surface area contributed by atoms with Crippen LogP contribution >= 0.6 is 12.4 Å². The summed E-state index contributed by atoms with van der Waals surface area (Å²) in [5.41, 5.74) is 5.81. The van der Waals surface area contributed by atoms with Crippen molar-refractivity contribution < 1.29 is 8.42 Å². The first kappa shape index (κ1) is 16.2. The van der Waals surface area contributed by atoms with Crippen molar-refractivity contribution in [3.63, 3.8) is 0 Å². The molecule has 0 unspecified atom stereocenters. The smallest absolute Gasteiger partial charge is 0.281 e. The van der Waals surface area contributed by atoms with E-state index in [0.717, 1.165) is 38.5 Å². The third-order valence-electron chi connectivity index (χ3n) is 3.72. The van der Waals surface area contributed by atoms with E-state index in [1.165, 1.54) is 0 Å². The van der Waals surface area contributed by atoms with Crippen molar-refractivity contribution in [1.82, 2.24) is 8.61 Å². The molecule has 0 aliphatic carbocycles. The van der Waals surface area contributed by atoms with Gasteiger partial charge in [0.25, 0.3) is 10.2 Å². The molecule has 0 aromatic rings. The van der Waals surface area contributed by atoms with Crippen LogP contribution < -0.4 is 5.73 Å². The van der Waals surface area contributed by atoms with E-state index in [4.69, 9.17) is 5.73 Å². The molecule has 2 aliphatic heterocycles. The van der Waals surface area contributed by atoms with E-state index < -0.39 is 10.2 Å². The van der Waals surface area contributed by atoms with E-state index in [9.17, 15) is 8.42 Å². The highest BCUT2D eigenvalue weighted by Crippen LogP contribution is 2.19. The van der Waals surface area contributed by atoms with Gasteiger partial charge in [0.1, 0.15) is 0 Å². The van der Waals surface area contributed by atoms with Gasteiger partial charge in [-0.15, -0.1) is 12.4 Å². The molecule has 0 amide bonds. The van der Waals surface area contributed by atoms with Crippen molar-refractivity contribution in [1.29, 1.82) is 0 Å². The summed E-state index contributed by atoms with van der Waals surface area (Å²) in [5.74, 6) is 0. The second-order valence-corrected chi connectivity index (χ2v) is 6.99. The predicted molar refractivity (Wildman–Crippen MR) is 75.0 cm³/mol. The summed E-state index contributed by atoms with van der Waals surface area (Å²) in [6, 6.07) is 0.172. The average Bonchev–Trinajstić information content (AvgIpc) is 2.58. The summed E-state index contributed by atoms with van der Waals surface area (Å²) in [5, 5.41) is 0. The molecule has 5 nitrogen and oxygen atoms in total. The van der Waals surface area contributed by atoms with Gasteiger partial charge in [0.15, 0.2) is 0 Å². The Morgan fingerprint density at radius 3 is 1.78 bits per heavy atom. The van der Waals surface area contributed by atoms with Gasteiger partial charge in [-0.05, 0) is 25.7 Å². The molecule has 0 bridgehead atoms. The molecule has 2 rings (SSSR count). The zero-order valence-electron chi connectivity index (χ0n) is 10.8. The quantitative estimate of drug-likeness (QED) is 0.825. The molecule has 2 N–H and O–H groups in total. The fourth-order valence-electron chi connectivity index (χ4n) is 2.54. The lowest BCUT2D eigenvalue weighted by Gasteiger charge is -2.33. The van der Waals surface area contributed by atoms with Crippen LogP contribution in [0.5, 0.6) is 0 Å². The normalized spacial score (nSPS) is 25.4. The van der Waals surface area contributed by atoms with Crippen LogP contribution in [-0.4, -0.2) is 49.2 Å². The third-order valence-corrected chi connectivity index (χ3v) is 5.75. The number of hydrogen-bond acceptors (Lipinski definition) is 3. The fourth-order valence-corrected chi connectivity index (χ4v) is 4.26. The summed E-state index contributed by atoms with van der Waals surface area (Å²) in [6.07, 6.45) is 5.85. The molecular weight excluding hydrogens is 274 g/mol. The van der Waals surface area contributed by atoms with Gasteiger partial charge < -0.3 is 5.73 Å². The molecular formula is C11H24ClN3O2S. The first-order chi connectivity index (χ1) is 8.10. The van der Waals surface area contributed by atoms with Crippen molar-refractivity contribution in [3.8, 4) is 0 Å². The Bertz CT molecular complexity index is 334. The minimum Gasteiger partial charge on any atom is -0.328 e. The largest absolute Gasteiger partial charge is 0.328 e. The Hall–Kier alpha value is 0.120. The molecule has 0 aromatic heterocycles. The highest BCUT2D eigenvalue weighted by molar-refractivity contribution is 7.86. The molecule has 0 atom stereocenters. The fraction of sp³-hybridized carbons (Fsp3) is 1.00. The monoisotopic (exact) mass is 297 g/mol. The van der Waals surface area contributed by atoms with Gasteiger partial charge in [-0.25, -0.2) is 0 Å². The molecule has 108 valence electrons. The Morgan fingerprint density at radius 1 is 0.833 bits per heavy atom. The van der Waals surface area contributed by atoms with Crippen LogP contribution in [0.25, 0.3) is 0 Å². The van der Waals surface area contributed by atoms with Crippen molar-refractivity contribution in [2.45, 2.75) is 44.6 Å². The standard InChI is InChI=1S/C11H23N3O2S.ClH/c12-11-5-9-14(10-6-11)17(15,16)13-7-3-1-2-4-8-13;/h11H,1-10,12H2;1H. The van der Waals surface area contributed by atoms with Gasteiger partial charge in [0.05, 0.1) is 0 Å². The van der Waals surface area contributed by atoms with Gasteiger partial charge in [0.2, 0.25) is 0 Å². The summed E-state index contributed by atoms with van der Waals surface area (Å²) in [7, 11) is -3.22. The summed E-state index contributed by atoms with van der Waals surface area (Å²) in [6.45, 7) is 2.54. The predicted octanol–water partition coefficient (Wildman–Crippen LogP) is 0.952. The number of nitrogens with zero attached hydrogens (tertiary/aromatic N) is 2. The van der Waals surface area contributed by atoms with Crippen LogP contribution in [-0.2, 0) is 10.2 Å². The minimum absolute atomic E-state index is 0. The maximum absolute atomic E-state index is 12.4. The molecule has 2 aliphatic rings. The number of nitrogens with two attached hydrogens (primary N) is 1. The van der Waals surface area contributed by atoms with Gasteiger partial charge in [-0.2, -0.15) is 17.0 Å². The molecule has 18 heavy (non-hydrogen) atoms. The summed E-state index contributed by atoms with van der Waals surface area (Å²) < 4.78 is 28.1. The zero-order chi connectivity index (χ0) is 12.3. The number of halogens is 1. The highest BCUT2D eigenvalue weighted by Gasteiger charge is 2.32. The third kappa shape index (κ3) is 3.81. The van der Waals surface area contributed by atoms with E-state index in [-0.39, 0.29) is 18.4 Å². The zero-order valence-corrected chi connectivity index (χ0v) is 12.4. The van der Waals surface area contributed by atoms with Crippen molar-refractivity contribution >= 4 is 22.6 Å². The van der Waals surface area contributed by atoms with Gasteiger partial charge >= 0.3 is 0 Å². The molecule has 0 spiro atoms. The van der Waals surface area contributed by atoms with E-state index >= 15 is 0 Å². The maximum Gasteiger partial charge on any atom is 0.281 e. The number of hydrogen-bond donors (Lipinski definition) is 1. The Labute approximate surface area is 116 Å². The van der Waals surface area contributed by atoms with E-state index in [2.05, 4.69) is 0 Å². The van der Waals surface area contributed by atoms with Crippen LogP contribution in [0.1, 0.15) is 38.5 Å². The average molecular weight is 298 g/mol. The Kier molecular flexibility index (Phi) is 6.34. The lowest BCUT2D eigenvalue weighted by Crippen LogP contribution is -2.49. The molecule has 0 radical (unpaired) electrons. The molecule has 2 heterocycles. The summed E-state index contributed by atoms with van der Waals surface area (Å²) in [4.78, 5) is 0. The first-order valence-corrected chi connectivity index (χ1v) is 8.01. The highest BCUT2D eigenvalue weighted by atomic mass is 35.5. The van der Waals surface area contributed by atoms with Crippen molar-refractivity contribution in [2.75, 3.05) is 26.2 Å². The van der Waals surface area contributed by atoms with Crippen molar-refractivity contribution in [3.05, 3.63) is 0 Å². The van der Waals surface area contributed by atoms with Gasteiger partial charge in [-0.3, -0.25) is 0 Å². The molecule has 2 fully saturated rings.